The van der Waals surface area contributed by atoms with Crippen LogP contribution in [0.2, 0.25) is 0 Å². The summed E-state index contributed by atoms with van der Waals surface area (Å²) in [5.74, 6) is 1.57. The van der Waals surface area contributed by atoms with Gasteiger partial charge in [-0.15, -0.1) is 0 Å². The number of aromatic nitrogens is 3. The smallest absolute Gasteiger partial charge is 0.270 e. The molecule has 0 amide bonds. The van der Waals surface area contributed by atoms with E-state index >= 15 is 0 Å². The van der Waals surface area contributed by atoms with Crippen molar-refractivity contribution in [2.24, 2.45) is 5.73 Å². The van der Waals surface area contributed by atoms with Gasteiger partial charge < -0.3 is 10.5 Å². The lowest BCUT2D eigenvalue weighted by atomic mass is 10.1. The number of nitrogens with two attached hydrogens (primary N) is 1. The van der Waals surface area contributed by atoms with E-state index < -0.39 is 11.0 Å². The molecule has 0 spiro atoms. The molecular formula is C16H15N5O3. The first-order chi connectivity index (χ1) is 11.6. The molecule has 0 unspecified atom stereocenters. The van der Waals surface area contributed by atoms with Gasteiger partial charge in [-0.3, -0.25) is 15.2 Å². The summed E-state index contributed by atoms with van der Waals surface area (Å²) >= 11 is 0. The molecule has 0 fully saturated rings. The van der Waals surface area contributed by atoms with E-state index in [0.717, 1.165) is 11.3 Å². The lowest BCUT2D eigenvalue weighted by Gasteiger charge is -2.09. The standard InChI is InChI=1S/C16H15N5O3/c1-24-13-7-5-10(6-8-13)14(17)16-18-15(19-20-16)11-3-2-4-12(9-11)21(22)23/h2-9,14H,17H2,1H3,(H,18,19,20)/t14-/m1/s1. The number of benzene rings is 2. The van der Waals surface area contributed by atoms with Gasteiger partial charge in [0.15, 0.2) is 5.82 Å². The number of nitrogens with zero attached hydrogens (tertiary/aromatic N) is 3. The molecule has 0 saturated heterocycles. The second-order valence-electron chi connectivity index (χ2n) is 5.10. The van der Waals surface area contributed by atoms with Crippen LogP contribution in [0.15, 0.2) is 48.5 Å². The number of non-ortho nitro benzene ring substituents is 1. The Hall–Kier alpha value is -3.26. The van der Waals surface area contributed by atoms with Gasteiger partial charge in [0.05, 0.1) is 18.1 Å². The van der Waals surface area contributed by atoms with Crippen LogP contribution in [0.25, 0.3) is 11.4 Å². The molecule has 8 heteroatoms. The normalized spacial score (nSPS) is 11.9. The molecule has 1 heterocycles. The van der Waals surface area contributed by atoms with Crippen molar-refractivity contribution in [2.45, 2.75) is 6.04 Å². The predicted molar refractivity (Wildman–Crippen MR) is 87.5 cm³/mol. The van der Waals surface area contributed by atoms with E-state index in [1.165, 1.54) is 12.1 Å². The Balaban J connectivity index is 1.86. The van der Waals surface area contributed by atoms with Crippen molar-refractivity contribution in [1.82, 2.24) is 15.2 Å². The molecule has 0 bridgehead atoms. The Labute approximate surface area is 137 Å². The molecule has 2 aromatic carbocycles. The molecule has 0 aliphatic heterocycles. The number of hydrogen-bond donors (Lipinski definition) is 2. The van der Waals surface area contributed by atoms with Crippen molar-refractivity contribution >= 4 is 5.69 Å². The van der Waals surface area contributed by atoms with Gasteiger partial charge in [0.2, 0.25) is 0 Å². The monoisotopic (exact) mass is 325 g/mol. The third-order valence-electron chi connectivity index (χ3n) is 3.59. The third-order valence-corrected chi connectivity index (χ3v) is 3.59. The van der Waals surface area contributed by atoms with E-state index in [9.17, 15) is 10.1 Å². The first-order valence-electron chi connectivity index (χ1n) is 7.15. The maximum Gasteiger partial charge on any atom is 0.270 e. The summed E-state index contributed by atoms with van der Waals surface area (Å²) in [6, 6.07) is 13.0. The maximum atomic E-state index is 10.9. The first-order valence-corrected chi connectivity index (χ1v) is 7.15. The lowest BCUT2D eigenvalue weighted by molar-refractivity contribution is -0.384. The van der Waals surface area contributed by atoms with E-state index in [0.29, 0.717) is 17.2 Å². The summed E-state index contributed by atoms with van der Waals surface area (Å²) < 4.78 is 5.12. The van der Waals surface area contributed by atoms with Gasteiger partial charge >= 0.3 is 0 Å². The third kappa shape index (κ3) is 3.08. The molecule has 0 aliphatic rings. The van der Waals surface area contributed by atoms with Crippen LogP contribution in [0, 0.1) is 10.1 Å². The van der Waals surface area contributed by atoms with Gasteiger partial charge in [0.1, 0.15) is 11.6 Å². The minimum atomic E-state index is -0.490. The van der Waals surface area contributed by atoms with Gasteiger partial charge in [-0.25, -0.2) is 4.98 Å². The molecular weight excluding hydrogens is 310 g/mol. The predicted octanol–water partition coefficient (Wildman–Crippen LogP) is 2.44. The van der Waals surface area contributed by atoms with Gasteiger partial charge in [-0.1, -0.05) is 24.3 Å². The summed E-state index contributed by atoms with van der Waals surface area (Å²) in [7, 11) is 1.59. The molecule has 1 aromatic heterocycles. The lowest BCUT2D eigenvalue weighted by Crippen LogP contribution is -2.13. The second-order valence-corrected chi connectivity index (χ2v) is 5.10. The van der Waals surface area contributed by atoms with Crippen molar-refractivity contribution in [3.05, 3.63) is 70.0 Å². The van der Waals surface area contributed by atoms with Crippen molar-refractivity contribution in [1.29, 1.82) is 0 Å². The van der Waals surface area contributed by atoms with E-state index in [1.807, 2.05) is 24.3 Å². The minimum Gasteiger partial charge on any atom is -0.497 e. The number of hydrogen-bond acceptors (Lipinski definition) is 6. The molecule has 0 radical (unpaired) electrons. The van der Waals surface area contributed by atoms with Crippen LogP contribution in [0.3, 0.4) is 0 Å². The molecule has 24 heavy (non-hydrogen) atoms. The van der Waals surface area contributed by atoms with Crippen molar-refractivity contribution in [3.63, 3.8) is 0 Å². The highest BCUT2D eigenvalue weighted by Gasteiger charge is 2.16. The Morgan fingerprint density at radius 2 is 2.00 bits per heavy atom. The summed E-state index contributed by atoms with van der Waals surface area (Å²) in [6.45, 7) is 0. The Morgan fingerprint density at radius 3 is 2.67 bits per heavy atom. The fourth-order valence-electron chi connectivity index (χ4n) is 2.27. The summed E-state index contributed by atoms with van der Waals surface area (Å²) in [6.07, 6.45) is 0. The van der Waals surface area contributed by atoms with Gasteiger partial charge in [-0.05, 0) is 17.7 Å². The fraction of sp³-hybridized carbons (Fsp3) is 0.125. The number of H-pyrrole nitrogens is 1. The number of aromatic amines is 1. The average Bonchev–Trinajstić information content (AvgIpc) is 3.11. The van der Waals surface area contributed by atoms with Crippen LogP contribution >= 0.6 is 0 Å². The van der Waals surface area contributed by atoms with E-state index in [4.69, 9.17) is 10.5 Å². The topological polar surface area (TPSA) is 120 Å². The van der Waals surface area contributed by atoms with Crippen molar-refractivity contribution in [2.75, 3.05) is 7.11 Å². The maximum absolute atomic E-state index is 10.9. The van der Waals surface area contributed by atoms with Gasteiger partial charge in [0, 0.05) is 17.7 Å². The molecule has 3 N–H and O–H groups in total. The van der Waals surface area contributed by atoms with Gasteiger partial charge in [-0.2, -0.15) is 5.10 Å². The van der Waals surface area contributed by atoms with Crippen LogP contribution in [-0.4, -0.2) is 27.2 Å². The number of ether oxygens (including phenoxy) is 1. The zero-order chi connectivity index (χ0) is 17.1. The molecule has 1 atom stereocenters. The van der Waals surface area contributed by atoms with Crippen LogP contribution in [0.1, 0.15) is 17.4 Å². The zero-order valence-corrected chi connectivity index (χ0v) is 12.8. The molecule has 3 aromatic rings. The van der Waals surface area contributed by atoms with Crippen molar-refractivity contribution in [3.8, 4) is 17.1 Å². The first kappa shape index (κ1) is 15.6. The van der Waals surface area contributed by atoms with Crippen LogP contribution in [-0.2, 0) is 0 Å². The van der Waals surface area contributed by atoms with Crippen LogP contribution in [0.5, 0.6) is 5.75 Å². The number of nitro groups is 1. The Kier molecular flexibility index (Phi) is 4.21. The van der Waals surface area contributed by atoms with E-state index in [-0.39, 0.29) is 5.69 Å². The summed E-state index contributed by atoms with van der Waals surface area (Å²) in [5, 5.41) is 17.8. The van der Waals surface area contributed by atoms with E-state index in [1.54, 1.807) is 19.2 Å². The Bertz CT molecular complexity index is 860. The largest absolute Gasteiger partial charge is 0.497 e. The van der Waals surface area contributed by atoms with Gasteiger partial charge in [0.25, 0.3) is 5.69 Å². The number of rotatable bonds is 5. The molecule has 8 nitrogen and oxygen atoms in total. The number of nitro benzene ring substituents is 1. The second kappa shape index (κ2) is 6.47. The van der Waals surface area contributed by atoms with Crippen molar-refractivity contribution < 1.29 is 9.66 Å². The SMILES string of the molecule is COc1ccc([C@@H](N)c2nc(-c3cccc([N+](=O)[O-])c3)n[nH]2)cc1. The highest BCUT2D eigenvalue weighted by molar-refractivity contribution is 5.58. The fourth-order valence-corrected chi connectivity index (χ4v) is 2.27. The minimum absolute atomic E-state index is 0.0155. The number of nitrogens with one attached hydrogen (secondary N) is 1. The molecule has 0 saturated carbocycles. The molecule has 0 aliphatic carbocycles. The summed E-state index contributed by atoms with van der Waals surface area (Å²) in [5.41, 5.74) is 7.57. The van der Waals surface area contributed by atoms with Crippen LogP contribution in [0.4, 0.5) is 5.69 Å². The Morgan fingerprint density at radius 1 is 1.25 bits per heavy atom. The zero-order valence-electron chi connectivity index (χ0n) is 12.8. The number of methoxy groups -OCH3 is 1. The molecule has 122 valence electrons. The van der Waals surface area contributed by atoms with Crippen LogP contribution < -0.4 is 10.5 Å². The average molecular weight is 325 g/mol. The quantitative estimate of drug-likeness (QED) is 0.549. The highest BCUT2D eigenvalue weighted by Crippen LogP contribution is 2.24. The summed E-state index contributed by atoms with van der Waals surface area (Å²) in [4.78, 5) is 14.8. The molecule has 3 rings (SSSR count). The van der Waals surface area contributed by atoms with E-state index in [2.05, 4.69) is 15.2 Å². The highest BCUT2D eigenvalue weighted by atomic mass is 16.6.